The number of carbonyl (C=O) groups excluding carboxylic acids is 1. The summed E-state index contributed by atoms with van der Waals surface area (Å²) in [6.07, 6.45) is 6.07. The molecule has 0 unspecified atom stereocenters. The predicted octanol–water partition coefficient (Wildman–Crippen LogP) is 4.19. The first-order chi connectivity index (χ1) is 14.4. The fraction of sp³-hybridized carbons (Fsp3) is 0.417. The molecule has 0 radical (unpaired) electrons. The number of aryl methyl sites for hydroxylation is 5. The average molecular weight is 405 g/mol. The highest BCUT2D eigenvalue weighted by molar-refractivity contribution is 5.95. The number of amides is 1. The second-order valence-electron chi connectivity index (χ2n) is 8.32. The number of rotatable bonds is 4. The lowest BCUT2D eigenvalue weighted by atomic mass is 9.95. The molecular weight excluding hydrogens is 376 g/mol. The van der Waals surface area contributed by atoms with Crippen molar-refractivity contribution in [2.75, 3.05) is 5.32 Å². The van der Waals surface area contributed by atoms with Crippen molar-refractivity contribution in [3.63, 3.8) is 0 Å². The van der Waals surface area contributed by atoms with Crippen LogP contribution in [0.15, 0.2) is 29.3 Å². The Hall–Kier alpha value is -3.02. The normalized spacial score (nSPS) is 14.4. The van der Waals surface area contributed by atoms with Gasteiger partial charge in [-0.2, -0.15) is 0 Å². The molecule has 1 aliphatic carbocycles. The van der Waals surface area contributed by atoms with Gasteiger partial charge in [-0.3, -0.25) is 14.2 Å². The third-order valence-electron chi connectivity index (χ3n) is 6.00. The van der Waals surface area contributed by atoms with Crippen molar-refractivity contribution in [1.82, 2.24) is 14.5 Å². The van der Waals surface area contributed by atoms with E-state index in [9.17, 15) is 9.59 Å². The van der Waals surface area contributed by atoms with Gasteiger partial charge >= 0.3 is 0 Å². The van der Waals surface area contributed by atoms with Gasteiger partial charge in [0.25, 0.3) is 5.56 Å². The van der Waals surface area contributed by atoms with Gasteiger partial charge in [-0.05, 0) is 75.6 Å². The highest BCUT2D eigenvalue weighted by Crippen LogP contribution is 2.25. The maximum atomic E-state index is 13.3. The number of carbonyl (C=O) groups is 1. The summed E-state index contributed by atoms with van der Waals surface area (Å²) in [5.74, 6) is -0.207. The summed E-state index contributed by atoms with van der Waals surface area (Å²) in [6, 6.07) is 5.39. The summed E-state index contributed by atoms with van der Waals surface area (Å²) in [5, 5.41) is 3.53. The first-order valence-electron chi connectivity index (χ1n) is 10.7. The van der Waals surface area contributed by atoms with Crippen LogP contribution in [0.2, 0.25) is 0 Å². The predicted molar refractivity (Wildman–Crippen MR) is 119 cm³/mol. The maximum Gasteiger partial charge on any atom is 0.263 e. The standard InChI is InChI=1S/C24H28N4O2/c1-5-20(23(29)27-21-15(3)10-14(2)11-16(21)4)28-13-25-22-18(24(28)30)12-17-8-6-7-9-19(17)26-22/h10-13,20H,5-9H2,1-4H3,(H,27,29)/t20-/m0/s1. The van der Waals surface area contributed by atoms with Gasteiger partial charge in [0.05, 0.1) is 5.39 Å². The second kappa shape index (κ2) is 8.01. The number of hydrogen-bond donors (Lipinski definition) is 1. The Labute approximate surface area is 176 Å². The van der Waals surface area contributed by atoms with Crippen LogP contribution in [-0.2, 0) is 17.6 Å². The summed E-state index contributed by atoms with van der Waals surface area (Å²) >= 11 is 0. The molecule has 1 aliphatic rings. The molecule has 1 amide bonds. The first kappa shape index (κ1) is 20.3. The van der Waals surface area contributed by atoms with Crippen molar-refractivity contribution in [1.29, 1.82) is 0 Å². The lowest BCUT2D eigenvalue weighted by Gasteiger charge is -2.20. The Morgan fingerprint density at radius 3 is 2.53 bits per heavy atom. The number of fused-ring (bicyclic) bond motifs is 2. The zero-order chi connectivity index (χ0) is 21.4. The number of pyridine rings is 1. The molecule has 1 aromatic carbocycles. The van der Waals surface area contributed by atoms with Gasteiger partial charge in [-0.1, -0.05) is 24.6 Å². The number of nitrogens with one attached hydrogen (secondary N) is 1. The Morgan fingerprint density at radius 1 is 1.13 bits per heavy atom. The van der Waals surface area contributed by atoms with Crippen LogP contribution >= 0.6 is 0 Å². The van der Waals surface area contributed by atoms with Crippen molar-refractivity contribution in [2.24, 2.45) is 0 Å². The van der Waals surface area contributed by atoms with E-state index in [2.05, 4.69) is 15.3 Å². The summed E-state index contributed by atoms with van der Waals surface area (Å²) in [5.41, 5.74) is 6.42. The number of hydrogen-bond acceptors (Lipinski definition) is 4. The number of anilines is 1. The van der Waals surface area contributed by atoms with Crippen molar-refractivity contribution in [3.05, 3.63) is 62.8 Å². The minimum atomic E-state index is -0.634. The van der Waals surface area contributed by atoms with E-state index < -0.39 is 6.04 Å². The zero-order valence-corrected chi connectivity index (χ0v) is 18.1. The van der Waals surface area contributed by atoms with E-state index >= 15 is 0 Å². The molecule has 0 fully saturated rings. The first-order valence-corrected chi connectivity index (χ1v) is 10.7. The zero-order valence-electron chi connectivity index (χ0n) is 18.1. The molecule has 2 heterocycles. The molecule has 0 bridgehead atoms. The molecule has 1 atom stereocenters. The Kier molecular flexibility index (Phi) is 5.41. The van der Waals surface area contributed by atoms with Crippen LogP contribution in [-0.4, -0.2) is 20.4 Å². The van der Waals surface area contributed by atoms with Crippen molar-refractivity contribution >= 4 is 22.6 Å². The molecule has 0 aliphatic heterocycles. The number of benzene rings is 1. The molecule has 0 saturated heterocycles. The summed E-state index contributed by atoms with van der Waals surface area (Å²) in [6.45, 7) is 7.90. The molecule has 30 heavy (non-hydrogen) atoms. The van der Waals surface area contributed by atoms with Gasteiger partial charge in [0.2, 0.25) is 5.91 Å². The topological polar surface area (TPSA) is 76.9 Å². The van der Waals surface area contributed by atoms with Gasteiger partial charge in [0.15, 0.2) is 5.65 Å². The minimum absolute atomic E-state index is 0.207. The van der Waals surface area contributed by atoms with E-state index in [-0.39, 0.29) is 11.5 Å². The lowest BCUT2D eigenvalue weighted by molar-refractivity contribution is -0.119. The highest BCUT2D eigenvalue weighted by atomic mass is 16.2. The monoisotopic (exact) mass is 404 g/mol. The number of nitrogens with zero attached hydrogens (tertiary/aromatic N) is 3. The van der Waals surface area contributed by atoms with Crippen LogP contribution in [0.5, 0.6) is 0 Å². The molecule has 2 aromatic heterocycles. The lowest BCUT2D eigenvalue weighted by Crippen LogP contribution is -2.33. The largest absolute Gasteiger partial charge is 0.324 e. The molecule has 0 spiro atoms. The Bertz CT molecular complexity index is 1170. The maximum absolute atomic E-state index is 13.3. The van der Waals surface area contributed by atoms with Gasteiger partial charge in [-0.15, -0.1) is 0 Å². The second-order valence-corrected chi connectivity index (χ2v) is 8.32. The van der Waals surface area contributed by atoms with E-state index in [1.807, 2.05) is 45.9 Å². The fourth-order valence-corrected chi connectivity index (χ4v) is 4.50. The van der Waals surface area contributed by atoms with E-state index in [1.54, 1.807) is 0 Å². The third-order valence-corrected chi connectivity index (χ3v) is 6.00. The summed E-state index contributed by atoms with van der Waals surface area (Å²) in [4.78, 5) is 35.4. The van der Waals surface area contributed by atoms with Crippen LogP contribution in [0, 0.1) is 20.8 Å². The number of aromatic nitrogens is 3. The third kappa shape index (κ3) is 3.62. The molecular formula is C24H28N4O2. The van der Waals surface area contributed by atoms with E-state index in [4.69, 9.17) is 0 Å². The van der Waals surface area contributed by atoms with Crippen LogP contribution in [0.1, 0.15) is 60.2 Å². The molecule has 156 valence electrons. The molecule has 4 rings (SSSR count). The minimum Gasteiger partial charge on any atom is -0.324 e. The molecule has 3 aromatic rings. The van der Waals surface area contributed by atoms with E-state index in [0.29, 0.717) is 17.5 Å². The Morgan fingerprint density at radius 2 is 1.83 bits per heavy atom. The Balaban J connectivity index is 1.71. The highest BCUT2D eigenvalue weighted by Gasteiger charge is 2.23. The van der Waals surface area contributed by atoms with Crippen LogP contribution in [0.25, 0.3) is 11.0 Å². The van der Waals surface area contributed by atoms with E-state index in [0.717, 1.165) is 59.3 Å². The quantitative estimate of drug-likeness (QED) is 0.707. The van der Waals surface area contributed by atoms with E-state index in [1.165, 1.54) is 10.9 Å². The fourth-order valence-electron chi connectivity index (χ4n) is 4.50. The van der Waals surface area contributed by atoms with Crippen LogP contribution in [0.3, 0.4) is 0 Å². The molecule has 6 heteroatoms. The molecule has 1 N–H and O–H groups in total. The van der Waals surface area contributed by atoms with Crippen LogP contribution in [0.4, 0.5) is 5.69 Å². The van der Waals surface area contributed by atoms with Gasteiger partial charge in [0, 0.05) is 11.4 Å². The van der Waals surface area contributed by atoms with Crippen molar-refractivity contribution in [2.45, 2.75) is 65.8 Å². The summed E-state index contributed by atoms with van der Waals surface area (Å²) < 4.78 is 1.45. The smallest absolute Gasteiger partial charge is 0.263 e. The molecule has 6 nitrogen and oxygen atoms in total. The van der Waals surface area contributed by atoms with Gasteiger partial charge in [0.1, 0.15) is 12.4 Å². The SMILES string of the molecule is CC[C@@H](C(=O)Nc1c(C)cc(C)cc1C)n1cnc2nc3c(cc2c1=O)CCCC3. The van der Waals surface area contributed by atoms with Gasteiger partial charge < -0.3 is 5.32 Å². The van der Waals surface area contributed by atoms with Crippen LogP contribution < -0.4 is 10.9 Å². The van der Waals surface area contributed by atoms with Gasteiger partial charge in [-0.25, -0.2) is 9.97 Å². The average Bonchev–Trinajstić information content (AvgIpc) is 2.71. The summed E-state index contributed by atoms with van der Waals surface area (Å²) in [7, 11) is 0. The van der Waals surface area contributed by atoms with Crippen molar-refractivity contribution < 1.29 is 4.79 Å². The molecule has 0 saturated carbocycles. The van der Waals surface area contributed by atoms with Crippen molar-refractivity contribution in [3.8, 4) is 0 Å².